The second kappa shape index (κ2) is 13.1. The summed E-state index contributed by atoms with van der Waals surface area (Å²) in [7, 11) is 1.67. The van der Waals surface area contributed by atoms with Crippen molar-refractivity contribution in [3.63, 3.8) is 0 Å². The maximum absolute atomic E-state index is 11.9. The molecule has 1 aliphatic heterocycles. The monoisotopic (exact) mass is 479 g/mol. The highest BCUT2D eigenvalue weighted by Gasteiger charge is 2.20. The average Bonchev–Trinajstić information content (AvgIpc) is 3.28. The lowest BCUT2D eigenvalue weighted by molar-refractivity contribution is -0.121. The van der Waals surface area contributed by atoms with Gasteiger partial charge in [0.1, 0.15) is 5.75 Å². The fraction of sp³-hybridized carbons (Fsp3) is 0.481. The molecule has 1 aliphatic rings. The third-order valence-corrected chi connectivity index (χ3v) is 6.19. The van der Waals surface area contributed by atoms with Gasteiger partial charge >= 0.3 is 0 Å². The van der Waals surface area contributed by atoms with Crippen molar-refractivity contribution < 1.29 is 14.3 Å². The van der Waals surface area contributed by atoms with Gasteiger partial charge in [0, 0.05) is 64.6 Å². The highest BCUT2D eigenvalue weighted by atomic mass is 16.5. The number of hydrogen-bond acceptors (Lipinski definition) is 6. The third kappa shape index (κ3) is 6.96. The van der Waals surface area contributed by atoms with Crippen LogP contribution in [0.5, 0.6) is 5.75 Å². The number of amides is 1. The molecule has 8 nitrogen and oxygen atoms in total. The molecule has 0 radical (unpaired) electrons. The topological polar surface area (TPSA) is 80.7 Å². The number of ether oxygens (including phenoxy) is 2. The van der Waals surface area contributed by atoms with E-state index in [-0.39, 0.29) is 5.91 Å². The van der Waals surface area contributed by atoms with Gasteiger partial charge in [-0.1, -0.05) is 18.2 Å². The molecule has 1 saturated heterocycles. The van der Waals surface area contributed by atoms with Crippen LogP contribution in [-0.2, 0) is 9.53 Å². The molecule has 3 aromatic rings. The number of fused-ring (bicyclic) bond motifs is 1. The normalized spacial score (nSPS) is 13.8. The molecular formula is C27H37N5O3. The van der Waals surface area contributed by atoms with Crippen molar-refractivity contribution in [1.82, 2.24) is 20.2 Å². The Morgan fingerprint density at radius 3 is 2.66 bits per heavy atom. The van der Waals surface area contributed by atoms with Crippen LogP contribution in [-0.4, -0.2) is 68.5 Å². The highest BCUT2D eigenvalue weighted by molar-refractivity contribution is 5.83. The van der Waals surface area contributed by atoms with Gasteiger partial charge in [-0.25, -0.2) is 4.98 Å². The summed E-state index contributed by atoms with van der Waals surface area (Å²) < 4.78 is 13.3. The molecule has 8 heteroatoms. The van der Waals surface area contributed by atoms with E-state index in [9.17, 15) is 4.79 Å². The first-order valence-corrected chi connectivity index (χ1v) is 12.7. The maximum Gasteiger partial charge on any atom is 0.219 e. The quantitative estimate of drug-likeness (QED) is 0.365. The Kier molecular flexibility index (Phi) is 9.37. The molecule has 1 aromatic heterocycles. The fourth-order valence-corrected chi connectivity index (χ4v) is 4.33. The van der Waals surface area contributed by atoms with Gasteiger partial charge in [0.15, 0.2) is 0 Å². The molecule has 0 unspecified atom stereocenters. The number of benzene rings is 2. The molecule has 2 N–H and O–H groups in total. The average molecular weight is 480 g/mol. The SMILES string of the molecule is COCCCNC(=O)CCCCCOc1ccc2nc(N3CCNCC3)n(-c3ccccc3)c2c1. The van der Waals surface area contributed by atoms with Crippen LogP contribution < -0.4 is 20.3 Å². The number of nitrogens with one attached hydrogen (secondary N) is 2. The van der Waals surface area contributed by atoms with E-state index in [0.29, 0.717) is 26.2 Å². The van der Waals surface area contributed by atoms with Gasteiger partial charge in [-0.05, 0) is 49.9 Å². The lowest BCUT2D eigenvalue weighted by Crippen LogP contribution is -2.44. The number of methoxy groups -OCH3 is 1. The van der Waals surface area contributed by atoms with E-state index in [0.717, 1.165) is 80.3 Å². The number of aromatic nitrogens is 2. The van der Waals surface area contributed by atoms with E-state index in [1.54, 1.807) is 7.11 Å². The van der Waals surface area contributed by atoms with Crippen LogP contribution in [0.1, 0.15) is 32.1 Å². The minimum atomic E-state index is 0.113. The number of nitrogens with zero attached hydrogens (tertiary/aromatic N) is 3. The molecule has 0 aliphatic carbocycles. The Hall–Kier alpha value is -3.10. The standard InChI is InChI=1S/C27H37N5O3/c1-34-19-8-14-29-26(33)11-6-3-7-20-35-23-12-13-24-25(21-23)32(22-9-4-2-5-10-22)27(30-24)31-17-15-28-16-18-31/h2,4-5,9-10,12-13,21,28H,3,6-8,11,14-20H2,1H3,(H,29,33). The Bertz CT molecular complexity index is 1060. The molecule has 0 spiro atoms. The first kappa shape index (κ1) is 25.0. The number of carbonyl (C=O) groups is 1. The Balaban J connectivity index is 1.34. The molecule has 188 valence electrons. The second-order valence-electron chi connectivity index (χ2n) is 8.83. The van der Waals surface area contributed by atoms with Crippen molar-refractivity contribution in [3.8, 4) is 11.4 Å². The lowest BCUT2D eigenvalue weighted by Gasteiger charge is -2.29. The molecular weight excluding hydrogens is 442 g/mol. The Morgan fingerprint density at radius 2 is 1.86 bits per heavy atom. The van der Waals surface area contributed by atoms with Gasteiger partial charge in [-0.2, -0.15) is 0 Å². The molecule has 1 amide bonds. The number of piperazine rings is 1. The molecule has 2 heterocycles. The van der Waals surface area contributed by atoms with Crippen molar-refractivity contribution >= 4 is 22.9 Å². The summed E-state index contributed by atoms with van der Waals surface area (Å²) in [6.07, 6.45) is 4.15. The van der Waals surface area contributed by atoms with Crippen LogP contribution in [0.25, 0.3) is 16.7 Å². The van der Waals surface area contributed by atoms with E-state index in [2.05, 4.69) is 50.4 Å². The number of carbonyl (C=O) groups excluding carboxylic acids is 1. The van der Waals surface area contributed by atoms with E-state index in [4.69, 9.17) is 14.5 Å². The van der Waals surface area contributed by atoms with Crippen LogP contribution in [0, 0.1) is 0 Å². The van der Waals surface area contributed by atoms with Crippen LogP contribution in [0.2, 0.25) is 0 Å². The molecule has 35 heavy (non-hydrogen) atoms. The first-order valence-electron chi connectivity index (χ1n) is 12.7. The molecule has 0 bridgehead atoms. The van der Waals surface area contributed by atoms with Gasteiger partial charge in [-0.3, -0.25) is 9.36 Å². The van der Waals surface area contributed by atoms with Gasteiger partial charge in [-0.15, -0.1) is 0 Å². The molecule has 2 aromatic carbocycles. The Labute approximate surface area is 207 Å². The predicted molar refractivity (Wildman–Crippen MR) is 140 cm³/mol. The summed E-state index contributed by atoms with van der Waals surface area (Å²) in [5, 5.41) is 6.35. The summed E-state index contributed by atoms with van der Waals surface area (Å²) in [4.78, 5) is 19.2. The van der Waals surface area contributed by atoms with E-state index < -0.39 is 0 Å². The van der Waals surface area contributed by atoms with Crippen LogP contribution >= 0.6 is 0 Å². The number of para-hydroxylation sites is 1. The summed E-state index contributed by atoms with van der Waals surface area (Å²) >= 11 is 0. The largest absolute Gasteiger partial charge is 0.494 e. The van der Waals surface area contributed by atoms with Crippen LogP contribution in [0.3, 0.4) is 0 Å². The zero-order chi connectivity index (χ0) is 24.3. The first-order chi connectivity index (χ1) is 17.3. The van der Waals surface area contributed by atoms with E-state index in [1.165, 1.54) is 0 Å². The molecule has 4 rings (SSSR count). The van der Waals surface area contributed by atoms with Crippen molar-refractivity contribution in [2.75, 3.05) is 57.9 Å². The van der Waals surface area contributed by atoms with E-state index in [1.807, 2.05) is 18.2 Å². The number of imidazole rings is 1. The summed E-state index contributed by atoms with van der Waals surface area (Å²) in [6, 6.07) is 16.5. The number of hydrogen-bond donors (Lipinski definition) is 2. The van der Waals surface area contributed by atoms with Gasteiger partial charge in [0.2, 0.25) is 11.9 Å². The molecule has 1 fully saturated rings. The van der Waals surface area contributed by atoms with Gasteiger partial charge < -0.3 is 25.0 Å². The predicted octanol–water partition coefficient (Wildman–Crippen LogP) is 3.53. The van der Waals surface area contributed by atoms with Crippen LogP contribution in [0.15, 0.2) is 48.5 Å². The summed E-state index contributed by atoms with van der Waals surface area (Å²) in [5.41, 5.74) is 3.11. The zero-order valence-corrected chi connectivity index (χ0v) is 20.7. The van der Waals surface area contributed by atoms with E-state index >= 15 is 0 Å². The van der Waals surface area contributed by atoms with Crippen LogP contribution in [0.4, 0.5) is 5.95 Å². The molecule has 0 saturated carbocycles. The fourth-order valence-electron chi connectivity index (χ4n) is 4.33. The Morgan fingerprint density at radius 1 is 1.03 bits per heavy atom. The maximum atomic E-state index is 11.9. The van der Waals surface area contributed by atoms with Crippen molar-refractivity contribution in [1.29, 1.82) is 0 Å². The lowest BCUT2D eigenvalue weighted by atomic mass is 10.2. The third-order valence-electron chi connectivity index (χ3n) is 6.19. The minimum Gasteiger partial charge on any atom is -0.494 e. The smallest absolute Gasteiger partial charge is 0.219 e. The van der Waals surface area contributed by atoms with Gasteiger partial charge in [0.05, 0.1) is 17.6 Å². The summed E-state index contributed by atoms with van der Waals surface area (Å²) in [5.74, 6) is 1.93. The zero-order valence-electron chi connectivity index (χ0n) is 20.7. The number of anilines is 1. The van der Waals surface area contributed by atoms with Crippen molar-refractivity contribution in [3.05, 3.63) is 48.5 Å². The van der Waals surface area contributed by atoms with Gasteiger partial charge in [0.25, 0.3) is 0 Å². The summed E-state index contributed by atoms with van der Waals surface area (Å²) in [6.45, 7) is 5.77. The minimum absolute atomic E-state index is 0.113. The number of unbranched alkanes of at least 4 members (excludes halogenated alkanes) is 2. The second-order valence-corrected chi connectivity index (χ2v) is 8.83. The number of rotatable bonds is 13. The van der Waals surface area contributed by atoms with Crippen molar-refractivity contribution in [2.24, 2.45) is 0 Å². The van der Waals surface area contributed by atoms with Crippen molar-refractivity contribution in [2.45, 2.75) is 32.1 Å². The highest BCUT2D eigenvalue weighted by Crippen LogP contribution is 2.30. The molecule has 0 atom stereocenters.